The average molecular weight is 258 g/mol. The maximum absolute atomic E-state index is 12.6. The average Bonchev–Trinajstić information content (AvgIpc) is 2.53. The largest absolute Gasteiger partial charge is 0.444 e. The Morgan fingerprint density at radius 3 is 2.56 bits per heavy atom. The maximum Gasteiger partial charge on any atom is 0.416 e. The van der Waals surface area contributed by atoms with Crippen LogP contribution in [0.4, 0.5) is 13.2 Å². The van der Waals surface area contributed by atoms with Gasteiger partial charge in [-0.2, -0.15) is 18.2 Å². The molecule has 0 saturated heterocycles. The predicted octanol–water partition coefficient (Wildman–Crippen LogP) is 1.79. The molecule has 2 rings (SSSR count). The van der Waals surface area contributed by atoms with E-state index in [9.17, 15) is 18.0 Å². The summed E-state index contributed by atoms with van der Waals surface area (Å²) >= 11 is 0. The summed E-state index contributed by atoms with van der Waals surface area (Å²) in [6.45, 7) is 1.33. The molecule has 4 nitrogen and oxygen atoms in total. The molecule has 1 aliphatic rings. The zero-order valence-electron chi connectivity index (χ0n) is 9.28. The summed E-state index contributed by atoms with van der Waals surface area (Å²) in [5, 5.41) is 0. The summed E-state index contributed by atoms with van der Waals surface area (Å²) in [6, 6.07) is 3.98. The van der Waals surface area contributed by atoms with Gasteiger partial charge in [0.25, 0.3) is 11.9 Å². The molecule has 18 heavy (non-hydrogen) atoms. The van der Waals surface area contributed by atoms with Gasteiger partial charge in [0.2, 0.25) is 5.60 Å². The molecule has 1 heterocycles. The van der Waals surface area contributed by atoms with Crippen molar-refractivity contribution in [3.63, 3.8) is 0 Å². The quantitative estimate of drug-likeness (QED) is 0.835. The van der Waals surface area contributed by atoms with Crippen LogP contribution >= 0.6 is 0 Å². The number of amides is 1. The van der Waals surface area contributed by atoms with Gasteiger partial charge in [0.15, 0.2) is 0 Å². The highest BCUT2D eigenvalue weighted by atomic mass is 19.4. The van der Waals surface area contributed by atoms with Gasteiger partial charge in [-0.1, -0.05) is 12.1 Å². The van der Waals surface area contributed by atoms with Gasteiger partial charge in [-0.15, -0.1) is 0 Å². The monoisotopic (exact) mass is 258 g/mol. The number of halogens is 3. The van der Waals surface area contributed by atoms with Gasteiger partial charge in [-0.05, 0) is 19.1 Å². The Kier molecular flexibility index (Phi) is 2.57. The van der Waals surface area contributed by atoms with E-state index in [-0.39, 0.29) is 11.6 Å². The minimum absolute atomic E-state index is 0.0616. The number of ether oxygens (including phenoxy) is 1. The molecule has 7 heteroatoms. The Morgan fingerprint density at radius 2 is 2.06 bits per heavy atom. The van der Waals surface area contributed by atoms with Crippen LogP contribution in [0.3, 0.4) is 0 Å². The molecule has 0 fully saturated rings. The molecule has 0 aromatic heterocycles. The first-order valence-corrected chi connectivity index (χ1v) is 4.99. The molecule has 0 aliphatic carbocycles. The Morgan fingerprint density at radius 1 is 1.39 bits per heavy atom. The van der Waals surface area contributed by atoms with Crippen LogP contribution in [-0.2, 0) is 21.3 Å². The van der Waals surface area contributed by atoms with Crippen molar-refractivity contribution in [1.82, 2.24) is 0 Å². The van der Waals surface area contributed by atoms with E-state index in [0.717, 1.165) is 12.1 Å². The first-order chi connectivity index (χ1) is 8.23. The second kappa shape index (κ2) is 3.72. The van der Waals surface area contributed by atoms with Crippen molar-refractivity contribution in [2.45, 2.75) is 18.7 Å². The molecular weight excluding hydrogens is 249 g/mol. The molecule has 1 unspecified atom stereocenters. The minimum Gasteiger partial charge on any atom is -0.444 e. The molecule has 1 aromatic rings. The Bertz CT molecular complexity index is 539. The molecule has 0 bridgehead atoms. The third kappa shape index (κ3) is 1.92. The van der Waals surface area contributed by atoms with Crippen molar-refractivity contribution < 1.29 is 22.7 Å². The first-order valence-electron chi connectivity index (χ1n) is 4.99. The predicted molar refractivity (Wildman–Crippen MR) is 56.5 cm³/mol. The maximum atomic E-state index is 12.6. The zero-order chi connectivity index (χ0) is 13.6. The number of nitrogens with zero attached hydrogens (tertiary/aromatic N) is 1. The normalized spacial score (nSPS) is 23.8. The standard InChI is InChI=1S/C11H9F3N2O2/c1-10(8(17)16-9(15)18-10)6-3-2-4-7(5-6)11(12,13)14/h2-5H,1H3,(H2,15,16,17). The van der Waals surface area contributed by atoms with E-state index in [1.165, 1.54) is 19.1 Å². The molecule has 0 saturated carbocycles. The molecule has 1 aromatic carbocycles. The van der Waals surface area contributed by atoms with Crippen LogP contribution in [0.15, 0.2) is 29.3 Å². The minimum atomic E-state index is -4.49. The van der Waals surface area contributed by atoms with Crippen molar-refractivity contribution >= 4 is 11.9 Å². The van der Waals surface area contributed by atoms with E-state index in [0.29, 0.717) is 0 Å². The number of carbonyl (C=O) groups is 1. The summed E-state index contributed by atoms with van der Waals surface area (Å²) in [6.07, 6.45) is -4.49. The van der Waals surface area contributed by atoms with E-state index in [2.05, 4.69) is 4.99 Å². The summed E-state index contributed by atoms with van der Waals surface area (Å²) in [5.41, 5.74) is 2.86. The molecule has 0 radical (unpaired) electrons. The van der Waals surface area contributed by atoms with Crippen molar-refractivity contribution in [2.24, 2.45) is 10.7 Å². The molecule has 96 valence electrons. The lowest BCUT2D eigenvalue weighted by atomic mass is 9.94. The number of rotatable bonds is 1. The lowest BCUT2D eigenvalue weighted by Crippen LogP contribution is -2.32. The van der Waals surface area contributed by atoms with Gasteiger partial charge in [-0.3, -0.25) is 4.79 Å². The van der Waals surface area contributed by atoms with E-state index < -0.39 is 23.2 Å². The summed E-state index contributed by atoms with van der Waals surface area (Å²) < 4.78 is 42.7. The van der Waals surface area contributed by atoms with Gasteiger partial charge in [-0.25, -0.2) is 0 Å². The first kappa shape index (κ1) is 12.4. The van der Waals surface area contributed by atoms with E-state index in [1.807, 2.05) is 0 Å². The van der Waals surface area contributed by atoms with Gasteiger partial charge >= 0.3 is 6.18 Å². The fraction of sp³-hybridized carbons (Fsp3) is 0.273. The van der Waals surface area contributed by atoms with Crippen LogP contribution in [0.2, 0.25) is 0 Å². The van der Waals surface area contributed by atoms with Crippen LogP contribution in [-0.4, -0.2) is 11.9 Å². The fourth-order valence-electron chi connectivity index (χ4n) is 1.66. The van der Waals surface area contributed by atoms with Crippen LogP contribution < -0.4 is 5.73 Å². The SMILES string of the molecule is CC1(c2cccc(C(F)(F)F)c2)OC(N)=NC1=O. The Hall–Kier alpha value is -2.05. The highest BCUT2D eigenvalue weighted by molar-refractivity contribution is 6.01. The zero-order valence-corrected chi connectivity index (χ0v) is 9.28. The van der Waals surface area contributed by atoms with Gasteiger partial charge in [0, 0.05) is 5.56 Å². The Labute approximate surface area is 100 Å². The van der Waals surface area contributed by atoms with Crippen molar-refractivity contribution in [2.75, 3.05) is 0 Å². The highest BCUT2D eigenvalue weighted by Crippen LogP contribution is 2.35. The Balaban J connectivity index is 2.44. The van der Waals surface area contributed by atoms with E-state index >= 15 is 0 Å². The summed E-state index contributed by atoms with van der Waals surface area (Å²) in [7, 11) is 0. The fourth-order valence-corrected chi connectivity index (χ4v) is 1.66. The van der Waals surface area contributed by atoms with Crippen LogP contribution in [0.5, 0.6) is 0 Å². The van der Waals surface area contributed by atoms with Crippen LogP contribution in [0.1, 0.15) is 18.1 Å². The molecule has 1 atom stereocenters. The van der Waals surface area contributed by atoms with Gasteiger partial charge in [0.1, 0.15) is 0 Å². The second-order valence-electron chi connectivity index (χ2n) is 3.97. The number of hydrogen-bond acceptors (Lipinski definition) is 3. The number of nitrogens with two attached hydrogens (primary N) is 1. The van der Waals surface area contributed by atoms with Crippen molar-refractivity contribution in [1.29, 1.82) is 0 Å². The summed E-state index contributed by atoms with van der Waals surface area (Å²) in [5.74, 6) is -0.723. The van der Waals surface area contributed by atoms with Crippen LogP contribution in [0.25, 0.3) is 0 Å². The number of carbonyl (C=O) groups excluding carboxylic acids is 1. The van der Waals surface area contributed by atoms with Gasteiger partial charge < -0.3 is 10.5 Å². The van der Waals surface area contributed by atoms with E-state index in [1.54, 1.807) is 0 Å². The third-order valence-electron chi connectivity index (χ3n) is 2.67. The molecule has 1 aliphatic heterocycles. The second-order valence-corrected chi connectivity index (χ2v) is 3.97. The molecular formula is C11H9F3N2O2. The highest BCUT2D eigenvalue weighted by Gasteiger charge is 2.44. The van der Waals surface area contributed by atoms with Crippen molar-refractivity contribution in [3.05, 3.63) is 35.4 Å². The van der Waals surface area contributed by atoms with E-state index in [4.69, 9.17) is 10.5 Å². The number of amidine groups is 1. The number of alkyl halides is 3. The summed E-state index contributed by atoms with van der Waals surface area (Å²) in [4.78, 5) is 15.0. The number of benzene rings is 1. The molecule has 2 N–H and O–H groups in total. The third-order valence-corrected chi connectivity index (χ3v) is 2.67. The smallest absolute Gasteiger partial charge is 0.416 e. The lowest BCUT2D eigenvalue weighted by Gasteiger charge is -2.22. The van der Waals surface area contributed by atoms with Crippen LogP contribution in [0, 0.1) is 0 Å². The van der Waals surface area contributed by atoms with Crippen molar-refractivity contribution in [3.8, 4) is 0 Å². The lowest BCUT2D eigenvalue weighted by molar-refractivity contribution is -0.138. The topological polar surface area (TPSA) is 64.7 Å². The van der Waals surface area contributed by atoms with Gasteiger partial charge in [0.05, 0.1) is 5.56 Å². The number of hydrogen-bond donors (Lipinski definition) is 1. The molecule has 1 amide bonds. The molecule has 0 spiro atoms. The number of aliphatic imine (C=N–C) groups is 1.